The Balaban J connectivity index is 1.64. The Hall–Kier alpha value is -2.51. The van der Waals surface area contributed by atoms with Crippen LogP contribution < -0.4 is 4.74 Å². The third-order valence-electron chi connectivity index (χ3n) is 4.31. The first kappa shape index (κ1) is 17.9. The number of aromatic amines is 1. The Labute approximate surface area is 166 Å². The van der Waals surface area contributed by atoms with E-state index in [1.165, 1.54) is 12.8 Å². The van der Waals surface area contributed by atoms with E-state index < -0.39 is 0 Å². The molecule has 1 aromatic carbocycles. The second-order valence-electron chi connectivity index (χ2n) is 6.26. The summed E-state index contributed by atoms with van der Waals surface area (Å²) >= 11 is 7.11. The van der Waals surface area contributed by atoms with E-state index >= 15 is 0 Å². The van der Waals surface area contributed by atoms with Gasteiger partial charge in [0.05, 0.1) is 23.3 Å². The third kappa shape index (κ3) is 3.79. The molecule has 4 aromatic rings. The lowest BCUT2D eigenvalue weighted by Crippen LogP contribution is -1.97. The molecule has 27 heavy (non-hydrogen) atoms. The molecule has 0 atom stereocenters. The number of ether oxygens (including phenoxy) is 1. The number of thiazole rings is 1. The van der Waals surface area contributed by atoms with Crippen LogP contribution in [0.15, 0.2) is 48.1 Å². The van der Waals surface area contributed by atoms with E-state index in [9.17, 15) is 0 Å². The van der Waals surface area contributed by atoms with Crippen molar-refractivity contribution < 1.29 is 4.74 Å². The van der Waals surface area contributed by atoms with Gasteiger partial charge in [-0.2, -0.15) is 0 Å². The second kappa shape index (κ2) is 8.02. The molecule has 0 fully saturated rings. The Bertz CT molecular complexity index is 1100. The highest BCUT2D eigenvalue weighted by molar-refractivity contribution is 7.71. The molecule has 0 spiro atoms. The van der Waals surface area contributed by atoms with Crippen molar-refractivity contribution in [1.82, 2.24) is 19.5 Å². The quantitative estimate of drug-likeness (QED) is 0.318. The van der Waals surface area contributed by atoms with Crippen LogP contribution in [0.1, 0.15) is 26.2 Å². The van der Waals surface area contributed by atoms with Gasteiger partial charge in [0.1, 0.15) is 5.75 Å². The zero-order chi connectivity index (χ0) is 18.6. The van der Waals surface area contributed by atoms with Gasteiger partial charge in [-0.3, -0.25) is 9.55 Å². The molecule has 138 valence electrons. The smallest absolute Gasteiger partial charge is 0.196 e. The number of unbranched alkanes of at least 4 members (excludes halogenated alkanes) is 2. The maximum Gasteiger partial charge on any atom is 0.196 e. The number of aromatic nitrogens is 4. The van der Waals surface area contributed by atoms with E-state index in [-0.39, 0.29) is 0 Å². The number of H-pyrrole nitrogens is 1. The molecule has 5 nitrogen and oxygen atoms in total. The first-order valence-electron chi connectivity index (χ1n) is 9.00. The molecular weight excluding hydrogens is 376 g/mol. The lowest BCUT2D eigenvalue weighted by molar-refractivity contribution is 0.306. The molecule has 0 aliphatic carbocycles. The van der Waals surface area contributed by atoms with Crippen LogP contribution in [0.25, 0.3) is 27.4 Å². The molecular formula is C20H20N4OS2. The van der Waals surface area contributed by atoms with Crippen molar-refractivity contribution in [3.05, 3.63) is 52.9 Å². The summed E-state index contributed by atoms with van der Waals surface area (Å²) in [6, 6.07) is 9.93. The number of benzene rings is 1. The topological polar surface area (TPSA) is 55.7 Å². The van der Waals surface area contributed by atoms with Crippen molar-refractivity contribution >= 4 is 34.6 Å². The minimum atomic E-state index is 0.625. The first-order chi connectivity index (χ1) is 13.3. The molecule has 1 N–H and O–H groups in total. The number of hydrogen-bond donors (Lipinski definition) is 1. The van der Waals surface area contributed by atoms with Gasteiger partial charge in [0.2, 0.25) is 0 Å². The van der Waals surface area contributed by atoms with Crippen LogP contribution in [0.3, 0.4) is 0 Å². The number of pyridine rings is 1. The van der Waals surface area contributed by atoms with Gasteiger partial charge < -0.3 is 9.72 Å². The lowest BCUT2D eigenvalue weighted by atomic mass is 10.2. The number of nitrogens with one attached hydrogen (secondary N) is 1. The molecule has 0 radical (unpaired) electrons. The average molecular weight is 397 g/mol. The zero-order valence-electron chi connectivity index (χ0n) is 15.0. The van der Waals surface area contributed by atoms with Gasteiger partial charge in [-0.05, 0) is 42.9 Å². The molecule has 7 heteroatoms. The lowest BCUT2D eigenvalue weighted by Gasteiger charge is -2.06. The zero-order valence-corrected chi connectivity index (χ0v) is 16.6. The fraction of sp³-hybridized carbons (Fsp3) is 0.250. The maximum absolute atomic E-state index is 5.85. The summed E-state index contributed by atoms with van der Waals surface area (Å²) in [6.07, 6.45) is 7.02. The van der Waals surface area contributed by atoms with Crippen LogP contribution in [0, 0.1) is 4.77 Å². The monoisotopic (exact) mass is 396 g/mol. The Morgan fingerprint density at radius 1 is 1.26 bits per heavy atom. The fourth-order valence-corrected chi connectivity index (χ4v) is 4.13. The Kier molecular flexibility index (Phi) is 5.31. The molecule has 0 amide bonds. The predicted octanol–water partition coefficient (Wildman–Crippen LogP) is 5.78. The molecule has 0 unspecified atom stereocenters. The number of nitrogens with zero attached hydrogens (tertiary/aromatic N) is 3. The summed E-state index contributed by atoms with van der Waals surface area (Å²) in [7, 11) is 0. The van der Waals surface area contributed by atoms with Crippen molar-refractivity contribution in [3.8, 4) is 22.1 Å². The van der Waals surface area contributed by atoms with Crippen molar-refractivity contribution in [3.63, 3.8) is 0 Å². The minimum Gasteiger partial charge on any atom is -0.494 e. The van der Waals surface area contributed by atoms with Crippen LogP contribution >= 0.6 is 23.6 Å². The van der Waals surface area contributed by atoms with E-state index in [0.717, 1.165) is 46.2 Å². The Morgan fingerprint density at radius 2 is 2.19 bits per heavy atom. The SMILES string of the molecule is CCCCCOc1ccc2c(c1)[nH]c(=S)n2-c1nc(-c2cccnc2)cs1. The van der Waals surface area contributed by atoms with Gasteiger partial charge in [-0.1, -0.05) is 19.8 Å². The molecule has 0 saturated carbocycles. The van der Waals surface area contributed by atoms with Crippen LogP contribution in [-0.4, -0.2) is 26.1 Å². The summed E-state index contributed by atoms with van der Waals surface area (Å²) in [5, 5.41) is 2.86. The van der Waals surface area contributed by atoms with E-state index in [4.69, 9.17) is 21.9 Å². The van der Waals surface area contributed by atoms with Crippen LogP contribution in [0.5, 0.6) is 5.75 Å². The van der Waals surface area contributed by atoms with Crippen molar-refractivity contribution in [1.29, 1.82) is 0 Å². The van der Waals surface area contributed by atoms with Gasteiger partial charge in [-0.15, -0.1) is 11.3 Å². The predicted molar refractivity (Wildman–Crippen MR) is 112 cm³/mol. The standard InChI is InChI=1S/C20H20N4OS2/c1-2-3-4-10-25-15-7-8-18-16(11-15)22-19(26)24(18)20-23-17(13-27-20)14-6-5-9-21-12-14/h5-9,11-13H,2-4,10H2,1H3,(H,22,26). The van der Waals surface area contributed by atoms with Gasteiger partial charge in [0.25, 0.3) is 0 Å². The molecule has 0 bridgehead atoms. The number of hydrogen-bond acceptors (Lipinski definition) is 5. The summed E-state index contributed by atoms with van der Waals surface area (Å²) in [6.45, 7) is 2.93. The molecule has 0 aliphatic heterocycles. The molecule has 0 saturated heterocycles. The second-order valence-corrected chi connectivity index (χ2v) is 7.48. The fourth-order valence-electron chi connectivity index (χ4n) is 2.93. The minimum absolute atomic E-state index is 0.625. The molecule has 3 heterocycles. The van der Waals surface area contributed by atoms with Crippen molar-refractivity contribution in [2.24, 2.45) is 0 Å². The maximum atomic E-state index is 5.85. The average Bonchev–Trinajstić information content (AvgIpc) is 3.29. The normalized spacial score (nSPS) is 11.1. The van der Waals surface area contributed by atoms with Crippen molar-refractivity contribution in [2.75, 3.05) is 6.61 Å². The van der Waals surface area contributed by atoms with Gasteiger partial charge in [0, 0.05) is 29.4 Å². The van der Waals surface area contributed by atoms with Gasteiger partial charge in [-0.25, -0.2) is 4.98 Å². The van der Waals surface area contributed by atoms with Crippen molar-refractivity contribution in [2.45, 2.75) is 26.2 Å². The number of fused-ring (bicyclic) bond motifs is 1. The van der Waals surface area contributed by atoms with Crippen LogP contribution in [0.4, 0.5) is 0 Å². The van der Waals surface area contributed by atoms with E-state index in [2.05, 4.69) is 16.9 Å². The molecule has 4 rings (SSSR count). The summed E-state index contributed by atoms with van der Waals surface area (Å²) in [5.41, 5.74) is 3.84. The highest BCUT2D eigenvalue weighted by atomic mass is 32.1. The number of imidazole rings is 1. The Morgan fingerprint density at radius 3 is 3.00 bits per heavy atom. The molecule has 3 aromatic heterocycles. The first-order valence-corrected chi connectivity index (χ1v) is 10.3. The van der Waals surface area contributed by atoms with E-state index in [1.54, 1.807) is 17.5 Å². The van der Waals surface area contributed by atoms with E-state index in [1.807, 2.05) is 46.5 Å². The van der Waals surface area contributed by atoms with Gasteiger partial charge in [0.15, 0.2) is 9.90 Å². The largest absolute Gasteiger partial charge is 0.494 e. The third-order valence-corrected chi connectivity index (χ3v) is 5.42. The summed E-state index contributed by atoms with van der Waals surface area (Å²) in [4.78, 5) is 12.2. The highest BCUT2D eigenvalue weighted by Gasteiger charge is 2.12. The van der Waals surface area contributed by atoms with Crippen LogP contribution in [-0.2, 0) is 0 Å². The molecule has 0 aliphatic rings. The van der Waals surface area contributed by atoms with Gasteiger partial charge >= 0.3 is 0 Å². The summed E-state index contributed by atoms with van der Waals surface area (Å²) in [5.74, 6) is 0.859. The van der Waals surface area contributed by atoms with Crippen LogP contribution in [0.2, 0.25) is 0 Å². The highest BCUT2D eigenvalue weighted by Crippen LogP contribution is 2.28. The number of rotatable bonds is 7. The van der Waals surface area contributed by atoms with E-state index in [0.29, 0.717) is 4.77 Å². The summed E-state index contributed by atoms with van der Waals surface area (Å²) < 4.78 is 8.44.